The van der Waals surface area contributed by atoms with Crippen LogP contribution < -0.4 is 0 Å². The third kappa shape index (κ3) is 54.8. The van der Waals surface area contributed by atoms with E-state index in [1.165, 1.54) is 231 Å². The number of allylic oxidation sites excluding steroid dienone is 4. The first kappa shape index (κ1) is 65.9. The fraction of sp³-hybridized carbons (Fsp3) is 0.887. The summed E-state index contributed by atoms with van der Waals surface area (Å²) in [6.45, 7) is 6.66. The predicted octanol–water partition coefficient (Wildman–Crippen LogP) is 20.3. The Bertz CT molecular complexity index is 1100. The molecule has 0 fully saturated rings. The second kappa shape index (κ2) is 57.5. The molecule has 68 heavy (non-hydrogen) atoms. The Morgan fingerprint density at radius 1 is 0.279 bits per heavy atom. The number of rotatable bonds is 56. The molecule has 6 nitrogen and oxygen atoms in total. The summed E-state index contributed by atoms with van der Waals surface area (Å²) in [5.41, 5.74) is 0. The fourth-order valence-electron chi connectivity index (χ4n) is 9.08. The monoisotopic (exact) mass is 957 g/mol. The van der Waals surface area contributed by atoms with E-state index >= 15 is 0 Å². The quantitative estimate of drug-likeness (QED) is 0.0262. The Morgan fingerprint density at radius 2 is 0.485 bits per heavy atom. The van der Waals surface area contributed by atoms with Crippen LogP contribution in [0.2, 0.25) is 0 Å². The molecule has 0 bridgehead atoms. The van der Waals surface area contributed by atoms with E-state index in [1.54, 1.807) is 0 Å². The summed E-state index contributed by atoms with van der Waals surface area (Å²) in [4.78, 5) is 38.1. The molecule has 0 aliphatic heterocycles. The predicted molar refractivity (Wildman–Crippen MR) is 293 cm³/mol. The van der Waals surface area contributed by atoms with Gasteiger partial charge in [-0.05, 0) is 70.6 Å². The minimum atomic E-state index is -0.771. The van der Waals surface area contributed by atoms with E-state index < -0.39 is 6.10 Å². The third-order valence-corrected chi connectivity index (χ3v) is 13.7. The highest BCUT2D eigenvalue weighted by Gasteiger charge is 2.19. The van der Waals surface area contributed by atoms with Crippen LogP contribution in [0.25, 0.3) is 0 Å². The van der Waals surface area contributed by atoms with Crippen LogP contribution in [0.15, 0.2) is 24.3 Å². The number of esters is 3. The lowest BCUT2D eigenvalue weighted by molar-refractivity contribution is -0.167. The summed E-state index contributed by atoms with van der Waals surface area (Å²) < 4.78 is 16.9. The molecule has 0 aliphatic rings. The van der Waals surface area contributed by atoms with Crippen molar-refractivity contribution in [1.29, 1.82) is 0 Å². The van der Waals surface area contributed by atoms with E-state index in [1.807, 2.05) is 0 Å². The van der Waals surface area contributed by atoms with Gasteiger partial charge in [-0.25, -0.2) is 0 Å². The molecule has 400 valence electrons. The van der Waals surface area contributed by atoms with E-state index in [0.29, 0.717) is 19.3 Å². The number of hydrogen-bond donors (Lipinski definition) is 0. The number of ether oxygens (including phenoxy) is 3. The molecule has 0 saturated carbocycles. The first-order valence-electron chi connectivity index (χ1n) is 30.3. The molecule has 0 spiro atoms. The number of carbonyl (C=O) groups is 3. The average molecular weight is 958 g/mol. The molecular weight excluding hydrogens is 841 g/mol. The van der Waals surface area contributed by atoms with Crippen molar-refractivity contribution in [2.24, 2.45) is 0 Å². The van der Waals surface area contributed by atoms with Crippen LogP contribution in [0.4, 0.5) is 0 Å². The Hall–Kier alpha value is -2.11. The van der Waals surface area contributed by atoms with Crippen molar-refractivity contribution in [1.82, 2.24) is 0 Å². The van der Waals surface area contributed by atoms with E-state index in [0.717, 1.165) is 64.2 Å². The standard InChI is InChI=1S/C62H116O6/c1-4-7-10-13-16-19-22-25-26-27-28-29-30-31-32-33-34-35-36-38-40-43-46-49-52-55-61(64)67-58-59(57-66-60(63)54-51-48-45-42-39-24-21-18-15-12-9-6-3)68-62(65)56-53-50-47-44-41-37-23-20-17-14-11-8-5-2/h20,23,27-28,59H,4-19,21-22,24-26,29-58H2,1-3H3/b23-20-,28-27-. The van der Waals surface area contributed by atoms with Gasteiger partial charge in [0, 0.05) is 19.3 Å². The Labute approximate surface area is 423 Å². The van der Waals surface area contributed by atoms with Crippen molar-refractivity contribution < 1.29 is 28.6 Å². The van der Waals surface area contributed by atoms with Crippen molar-refractivity contribution in [3.63, 3.8) is 0 Å². The van der Waals surface area contributed by atoms with Crippen LogP contribution in [0.1, 0.15) is 335 Å². The van der Waals surface area contributed by atoms with Gasteiger partial charge in [-0.3, -0.25) is 14.4 Å². The summed E-state index contributed by atoms with van der Waals surface area (Å²) in [6.07, 6.45) is 67.6. The molecule has 1 atom stereocenters. The maximum Gasteiger partial charge on any atom is 0.306 e. The lowest BCUT2D eigenvalue weighted by Gasteiger charge is -2.18. The number of unbranched alkanes of at least 4 members (excludes halogenated alkanes) is 41. The molecule has 0 aromatic carbocycles. The van der Waals surface area contributed by atoms with Gasteiger partial charge in [-0.1, -0.05) is 270 Å². The van der Waals surface area contributed by atoms with Gasteiger partial charge in [0.15, 0.2) is 6.10 Å². The smallest absolute Gasteiger partial charge is 0.306 e. The van der Waals surface area contributed by atoms with Gasteiger partial charge < -0.3 is 14.2 Å². The first-order chi connectivity index (χ1) is 33.5. The second-order valence-electron chi connectivity index (χ2n) is 20.6. The maximum atomic E-state index is 12.8. The minimum absolute atomic E-state index is 0.0699. The Balaban J connectivity index is 4.18. The highest BCUT2D eigenvalue weighted by Crippen LogP contribution is 2.17. The molecule has 0 saturated heterocycles. The van der Waals surface area contributed by atoms with Crippen LogP contribution in [0, 0.1) is 0 Å². The molecule has 6 heteroatoms. The van der Waals surface area contributed by atoms with E-state index in [-0.39, 0.29) is 31.1 Å². The molecule has 0 amide bonds. The van der Waals surface area contributed by atoms with Crippen molar-refractivity contribution in [3.8, 4) is 0 Å². The number of hydrogen-bond acceptors (Lipinski definition) is 6. The minimum Gasteiger partial charge on any atom is -0.462 e. The zero-order chi connectivity index (χ0) is 49.3. The van der Waals surface area contributed by atoms with Gasteiger partial charge >= 0.3 is 17.9 Å². The van der Waals surface area contributed by atoms with Gasteiger partial charge in [-0.15, -0.1) is 0 Å². The van der Waals surface area contributed by atoms with Gasteiger partial charge in [0.05, 0.1) is 0 Å². The fourth-order valence-corrected chi connectivity index (χ4v) is 9.08. The lowest BCUT2D eigenvalue weighted by Crippen LogP contribution is -2.30. The third-order valence-electron chi connectivity index (χ3n) is 13.7. The van der Waals surface area contributed by atoms with Crippen molar-refractivity contribution in [3.05, 3.63) is 24.3 Å². The normalized spacial score (nSPS) is 12.1. The molecule has 0 N–H and O–H groups in total. The van der Waals surface area contributed by atoms with Gasteiger partial charge in [0.1, 0.15) is 13.2 Å². The van der Waals surface area contributed by atoms with Crippen LogP contribution in [-0.2, 0) is 28.6 Å². The van der Waals surface area contributed by atoms with Gasteiger partial charge in [-0.2, -0.15) is 0 Å². The molecule has 0 aromatic rings. The first-order valence-corrected chi connectivity index (χ1v) is 30.3. The van der Waals surface area contributed by atoms with Crippen LogP contribution in [0.3, 0.4) is 0 Å². The average Bonchev–Trinajstić information content (AvgIpc) is 3.34. The Kier molecular flexibility index (Phi) is 55.7. The summed E-state index contributed by atoms with van der Waals surface area (Å²) in [5.74, 6) is -0.859. The van der Waals surface area contributed by atoms with E-state index in [2.05, 4.69) is 45.1 Å². The topological polar surface area (TPSA) is 78.9 Å². The zero-order valence-electron chi connectivity index (χ0n) is 45.9. The molecule has 0 radical (unpaired) electrons. The summed E-state index contributed by atoms with van der Waals surface area (Å²) >= 11 is 0. The molecule has 0 rings (SSSR count). The van der Waals surface area contributed by atoms with Crippen molar-refractivity contribution in [2.75, 3.05) is 13.2 Å². The molecule has 0 aliphatic carbocycles. The summed E-state index contributed by atoms with van der Waals surface area (Å²) in [5, 5.41) is 0. The Morgan fingerprint density at radius 3 is 0.750 bits per heavy atom. The van der Waals surface area contributed by atoms with Crippen molar-refractivity contribution >= 4 is 17.9 Å². The highest BCUT2D eigenvalue weighted by molar-refractivity contribution is 5.71. The summed E-state index contributed by atoms with van der Waals surface area (Å²) in [6, 6.07) is 0. The van der Waals surface area contributed by atoms with Gasteiger partial charge in [0.25, 0.3) is 0 Å². The number of carbonyl (C=O) groups excluding carboxylic acids is 3. The lowest BCUT2D eigenvalue weighted by atomic mass is 10.0. The maximum absolute atomic E-state index is 12.8. The van der Waals surface area contributed by atoms with Gasteiger partial charge in [0.2, 0.25) is 0 Å². The largest absolute Gasteiger partial charge is 0.462 e. The highest BCUT2D eigenvalue weighted by atomic mass is 16.6. The molecule has 0 heterocycles. The van der Waals surface area contributed by atoms with Crippen LogP contribution in [-0.4, -0.2) is 37.2 Å². The van der Waals surface area contributed by atoms with Crippen molar-refractivity contribution in [2.45, 2.75) is 341 Å². The molecule has 0 aromatic heterocycles. The molecular formula is C62H116O6. The van der Waals surface area contributed by atoms with Crippen LogP contribution >= 0.6 is 0 Å². The zero-order valence-corrected chi connectivity index (χ0v) is 45.9. The molecule has 1 unspecified atom stereocenters. The second-order valence-corrected chi connectivity index (χ2v) is 20.6. The van der Waals surface area contributed by atoms with E-state index in [9.17, 15) is 14.4 Å². The van der Waals surface area contributed by atoms with Crippen LogP contribution in [0.5, 0.6) is 0 Å². The summed E-state index contributed by atoms with van der Waals surface area (Å²) in [7, 11) is 0. The SMILES string of the molecule is CCCCCC/C=C\CCCCCCCC(=O)OC(COC(=O)CCCCCCCCCCCCCC)COC(=O)CCCCCCCCCCCCCCC/C=C\CCCCCCCCCC. The van der Waals surface area contributed by atoms with E-state index in [4.69, 9.17) is 14.2 Å².